The zero-order chi connectivity index (χ0) is 16.1. The van der Waals surface area contributed by atoms with Crippen molar-refractivity contribution in [1.82, 2.24) is 0 Å². The molecule has 0 spiro atoms. The SMILES string of the molecule is C/C(=C\c1ccccc1C)C(=O)/C(C)=C/c1ccccc1C. The molecule has 2 rings (SSSR count). The van der Waals surface area contributed by atoms with Gasteiger partial charge in [-0.05, 0) is 73.2 Å². The van der Waals surface area contributed by atoms with E-state index in [0.29, 0.717) is 0 Å². The summed E-state index contributed by atoms with van der Waals surface area (Å²) in [6.45, 7) is 7.87. The predicted octanol–water partition coefficient (Wildman–Crippen LogP) is 5.38. The second kappa shape index (κ2) is 7.04. The molecule has 1 nitrogen and oxygen atoms in total. The van der Waals surface area contributed by atoms with Crippen molar-refractivity contribution >= 4 is 17.9 Å². The van der Waals surface area contributed by atoms with Gasteiger partial charge in [-0.2, -0.15) is 0 Å². The van der Waals surface area contributed by atoms with Gasteiger partial charge in [-0.25, -0.2) is 0 Å². The lowest BCUT2D eigenvalue weighted by Gasteiger charge is -2.05. The summed E-state index contributed by atoms with van der Waals surface area (Å²) >= 11 is 0. The van der Waals surface area contributed by atoms with Crippen LogP contribution < -0.4 is 0 Å². The topological polar surface area (TPSA) is 17.1 Å². The molecule has 0 aliphatic carbocycles. The van der Waals surface area contributed by atoms with Gasteiger partial charge in [0.1, 0.15) is 0 Å². The monoisotopic (exact) mass is 290 g/mol. The molecule has 0 bridgehead atoms. The van der Waals surface area contributed by atoms with Crippen molar-refractivity contribution in [1.29, 1.82) is 0 Å². The van der Waals surface area contributed by atoms with Crippen LogP contribution in [0.1, 0.15) is 36.1 Å². The van der Waals surface area contributed by atoms with Crippen LogP contribution >= 0.6 is 0 Å². The highest BCUT2D eigenvalue weighted by atomic mass is 16.1. The number of aryl methyl sites for hydroxylation is 2. The van der Waals surface area contributed by atoms with Crippen LogP contribution in [-0.4, -0.2) is 5.78 Å². The van der Waals surface area contributed by atoms with E-state index >= 15 is 0 Å². The zero-order valence-electron chi connectivity index (χ0n) is 13.7. The molecule has 2 aromatic carbocycles. The first-order valence-corrected chi connectivity index (χ1v) is 7.51. The van der Waals surface area contributed by atoms with Gasteiger partial charge in [0, 0.05) is 0 Å². The highest BCUT2D eigenvalue weighted by molar-refractivity contribution is 6.12. The Balaban J connectivity index is 2.27. The molecule has 0 N–H and O–H groups in total. The fourth-order valence-electron chi connectivity index (χ4n) is 2.41. The van der Waals surface area contributed by atoms with E-state index in [1.54, 1.807) is 0 Å². The van der Waals surface area contributed by atoms with Crippen LogP contribution in [0.3, 0.4) is 0 Å². The van der Waals surface area contributed by atoms with Crippen molar-refractivity contribution in [2.24, 2.45) is 0 Å². The number of ketones is 1. The quantitative estimate of drug-likeness (QED) is 0.691. The van der Waals surface area contributed by atoms with E-state index in [1.165, 1.54) is 11.1 Å². The van der Waals surface area contributed by atoms with Crippen LogP contribution in [0.25, 0.3) is 12.2 Å². The highest BCUT2D eigenvalue weighted by Crippen LogP contribution is 2.17. The minimum atomic E-state index is 0.0894. The molecule has 0 radical (unpaired) electrons. The molecule has 22 heavy (non-hydrogen) atoms. The van der Waals surface area contributed by atoms with Crippen LogP contribution in [0.4, 0.5) is 0 Å². The molecule has 0 fully saturated rings. The Labute approximate surface area is 133 Å². The maximum Gasteiger partial charge on any atom is 0.184 e. The Morgan fingerprint density at radius 3 is 1.45 bits per heavy atom. The molecule has 1 heteroatoms. The van der Waals surface area contributed by atoms with Crippen molar-refractivity contribution in [2.45, 2.75) is 27.7 Å². The lowest BCUT2D eigenvalue weighted by molar-refractivity contribution is -0.112. The Morgan fingerprint density at radius 1 is 0.727 bits per heavy atom. The molecular weight excluding hydrogens is 268 g/mol. The van der Waals surface area contributed by atoms with E-state index in [2.05, 4.69) is 26.0 Å². The number of allylic oxidation sites excluding steroid dienone is 2. The molecule has 112 valence electrons. The summed E-state index contributed by atoms with van der Waals surface area (Å²) < 4.78 is 0. The summed E-state index contributed by atoms with van der Waals surface area (Å²) in [7, 11) is 0. The summed E-state index contributed by atoms with van der Waals surface area (Å²) in [4.78, 5) is 12.5. The number of carbonyl (C=O) groups excluding carboxylic acids is 1. The van der Waals surface area contributed by atoms with Gasteiger partial charge in [-0.1, -0.05) is 48.5 Å². The summed E-state index contributed by atoms with van der Waals surface area (Å²) in [5.74, 6) is 0.0894. The molecular formula is C21H22O. The third-order valence-corrected chi connectivity index (χ3v) is 3.84. The van der Waals surface area contributed by atoms with Gasteiger partial charge in [-0.3, -0.25) is 4.79 Å². The van der Waals surface area contributed by atoms with E-state index in [1.807, 2.05) is 62.4 Å². The van der Waals surface area contributed by atoms with Crippen LogP contribution in [0.5, 0.6) is 0 Å². The van der Waals surface area contributed by atoms with Crippen LogP contribution in [0.15, 0.2) is 59.7 Å². The first kappa shape index (κ1) is 16.0. The maximum absolute atomic E-state index is 12.5. The minimum Gasteiger partial charge on any atom is -0.289 e. The lowest BCUT2D eigenvalue weighted by atomic mass is 9.98. The zero-order valence-corrected chi connectivity index (χ0v) is 13.7. The molecule has 0 aliphatic heterocycles. The van der Waals surface area contributed by atoms with Crippen LogP contribution in [0, 0.1) is 13.8 Å². The van der Waals surface area contributed by atoms with Gasteiger partial charge >= 0.3 is 0 Å². The minimum absolute atomic E-state index is 0.0894. The number of hydrogen-bond acceptors (Lipinski definition) is 1. The Kier molecular flexibility index (Phi) is 5.11. The smallest absolute Gasteiger partial charge is 0.184 e. The molecule has 0 amide bonds. The molecule has 0 saturated carbocycles. The average Bonchev–Trinajstić information content (AvgIpc) is 2.51. The first-order chi connectivity index (χ1) is 10.5. The van der Waals surface area contributed by atoms with E-state index in [4.69, 9.17) is 0 Å². The number of benzene rings is 2. The lowest BCUT2D eigenvalue weighted by Crippen LogP contribution is -2.01. The van der Waals surface area contributed by atoms with Gasteiger partial charge in [0.25, 0.3) is 0 Å². The number of rotatable bonds is 4. The first-order valence-electron chi connectivity index (χ1n) is 7.51. The van der Waals surface area contributed by atoms with E-state index in [-0.39, 0.29) is 5.78 Å². The predicted molar refractivity (Wildman–Crippen MR) is 94.7 cm³/mol. The van der Waals surface area contributed by atoms with E-state index in [0.717, 1.165) is 22.3 Å². The summed E-state index contributed by atoms with van der Waals surface area (Å²) in [6.07, 6.45) is 3.93. The summed E-state index contributed by atoms with van der Waals surface area (Å²) in [5.41, 5.74) is 6.06. The highest BCUT2D eigenvalue weighted by Gasteiger charge is 2.08. The van der Waals surface area contributed by atoms with Crippen molar-refractivity contribution in [3.05, 3.63) is 81.9 Å². The third kappa shape index (κ3) is 3.82. The van der Waals surface area contributed by atoms with Crippen LogP contribution in [0.2, 0.25) is 0 Å². The Morgan fingerprint density at radius 2 is 1.09 bits per heavy atom. The van der Waals surface area contributed by atoms with Crippen molar-refractivity contribution in [3.63, 3.8) is 0 Å². The van der Waals surface area contributed by atoms with E-state index < -0.39 is 0 Å². The van der Waals surface area contributed by atoms with Gasteiger partial charge in [0.15, 0.2) is 5.78 Å². The Hall–Kier alpha value is -2.41. The summed E-state index contributed by atoms with van der Waals surface area (Å²) in [6, 6.07) is 16.2. The van der Waals surface area contributed by atoms with Gasteiger partial charge in [-0.15, -0.1) is 0 Å². The van der Waals surface area contributed by atoms with Crippen LogP contribution in [-0.2, 0) is 4.79 Å². The molecule has 0 aliphatic rings. The third-order valence-electron chi connectivity index (χ3n) is 3.84. The second-order valence-electron chi connectivity index (χ2n) is 5.70. The largest absolute Gasteiger partial charge is 0.289 e. The average molecular weight is 290 g/mol. The van der Waals surface area contributed by atoms with Gasteiger partial charge in [0.05, 0.1) is 0 Å². The number of hydrogen-bond donors (Lipinski definition) is 0. The van der Waals surface area contributed by atoms with Gasteiger partial charge in [0.2, 0.25) is 0 Å². The van der Waals surface area contributed by atoms with Crippen molar-refractivity contribution in [2.75, 3.05) is 0 Å². The molecule has 0 heterocycles. The normalized spacial score (nSPS) is 12.4. The van der Waals surface area contributed by atoms with Crippen molar-refractivity contribution in [3.8, 4) is 0 Å². The molecule has 0 saturated heterocycles. The summed E-state index contributed by atoms with van der Waals surface area (Å²) in [5, 5.41) is 0. The van der Waals surface area contributed by atoms with Gasteiger partial charge < -0.3 is 0 Å². The fraction of sp³-hybridized carbons (Fsp3) is 0.190. The van der Waals surface area contributed by atoms with E-state index in [9.17, 15) is 4.79 Å². The maximum atomic E-state index is 12.5. The molecule has 0 unspecified atom stereocenters. The standard InChI is InChI=1S/C21H22O/c1-15-9-5-7-11-19(15)13-17(3)21(22)18(4)14-20-12-8-6-10-16(20)2/h5-14H,1-4H3/b17-13+,18-14+. The second-order valence-corrected chi connectivity index (χ2v) is 5.70. The molecule has 2 aromatic rings. The molecule has 0 aromatic heterocycles. The number of Topliss-reactive ketones (excluding diaryl/α,β-unsaturated/α-hetero) is 1. The Bertz CT molecular complexity index is 685. The molecule has 0 atom stereocenters. The van der Waals surface area contributed by atoms with Crippen molar-refractivity contribution < 1.29 is 4.79 Å². The number of carbonyl (C=O) groups is 1. The fourth-order valence-corrected chi connectivity index (χ4v) is 2.41.